The van der Waals surface area contributed by atoms with E-state index in [1.165, 1.54) is 55.1 Å². The summed E-state index contributed by atoms with van der Waals surface area (Å²) in [6.07, 6.45) is 0. The van der Waals surface area contributed by atoms with Gasteiger partial charge in [0.15, 0.2) is 7.28 Å². The largest absolute Gasteiger partial charge is 0.456 e. The molecule has 60 heavy (non-hydrogen) atoms. The van der Waals surface area contributed by atoms with E-state index in [1.807, 2.05) is 12.1 Å². The number of nitrogens with one attached hydrogen (secondary N) is 1. The molecule has 0 bridgehead atoms. The molecule has 0 atom stereocenters. The van der Waals surface area contributed by atoms with Crippen LogP contribution in [0.1, 0.15) is 51.3 Å². The molecule has 3 aromatic heterocycles. The Morgan fingerprint density at radius 2 is 1.20 bits per heavy atom. The van der Waals surface area contributed by atoms with E-state index in [0.29, 0.717) is 0 Å². The molecule has 1 N–H and O–H groups in total. The number of furan rings is 2. The molecule has 0 fully saturated rings. The zero-order valence-corrected chi connectivity index (χ0v) is 34.2. The third-order valence-electron chi connectivity index (χ3n) is 13.6. The zero-order chi connectivity index (χ0) is 40.2. The van der Waals surface area contributed by atoms with Gasteiger partial charge in [-0.15, -0.1) is 0 Å². The maximum Gasteiger partial charge on any atom is 0.197 e. The fourth-order valence-corrected chi connectivity index (χ4v) is 10.5. The second-order valence-electron chi connectivity index (χ2n) is 18.4. The first-order chi connectivity index (χ1) is 29.1. The lowest BCUT2D eigenvalue weighted by Crippen LogP contribution is -2.37. The van der Waals surface area contributed by atoms with Crippen molar-refractivity contribution < 1.29 is 8.83 Å². The van der Waals surface area contributed by atoms with Crippen LogP contribution in [-0.2, 0) is 10.8 Å². The number of hydrogen-bond acceptors (Lipinski definition) is 3. The summed E-state index contributed by atoms with van der Waals surface area (Å²) in [6, 6.07) is 53.3. The van der Waals surface area contributed by atoms with E-state index in [-0.39, 0.29) is 10.8 Å². The van der Waals surface area contributed by atoms with Crippen LogP contribution in [0.15, 0.2) is 154 Å². The number of para-hydroxylation sites is 2. The van der Waals surface area contributed by atoms with Gasteiger partial charge in [0.1, 0.15) is 22.3 Å². The predicted octanol–water partition coefficient (Wildman–Crippen LogP) is 13.6. The highest BCUT2D eigenvalue weighted by Gasteiger charge is 2.37. The Morgan fingerprint density at radius 3 is 1.95 bits per heavy atom. The minimum Gasteiger partial charge on any atom is -0.456 e. The summed E-state index contributed by atoms with van der Waals surface area (Å²) in [5, 5.41) is 10.8. The minimum atomic E-state index is -0.133. The van der Waals surface area contributed by atoms with Crippen molar-refractivity contribution in [3.05, 3.63) is 162 Å². The van der Waals surface area contributed by atoms with Crippen LogP contribution in [-0.4, -0.2) is 11.8 Å². The van der Waals surface area contributed by atoms with Crippen LogP contribution in [0.25, 0.3) is 93.6 Å². The molecule has 8 aromatic carbocycles. The van der Waals surface area contributed by atoms with Crippen molar-refractivity contribution in [2.24, 2.45) is 0 Å². The Labute approximate surface area is 348 Å². The lowest BCUT2D eigenvalue weighted by Gasteiger charge is -2.25. The summed E-state index contributed by atoms with van der Waals surface area (Å²) in [5.74, 6) is 0. The molecule has 0 saturated carbocycles. The molecule has 0 unspecified atom stereocenters. The van der Waals surface area contributed by atoms with Gasteiger partial charge in [0.05, 0.1) is 11.2 Å². The van der Waals surface area contributed by atoms with Crippen molar-refractivity contribution in [3.63, 3.8) is 0 Å². The quantitative estimate of drug-likeness (QED) is 0.182. The van der Waals surface area contributed by atoms with Gasteiger partial charge in [-0.25, -0.2) is 0 Å². The lowest BCUT2D eigenvalue weighted by atomic mass is 9.59. The average molecular weight is 772 g/mol. The molecule has 11 aromatic rings. The molecule has 2 aliphatic rings. The smallest absolute Gasteiger partial charge is 0.197 e. The topological polar surface area (TPSA) is 43.2 Å². The summed E-state index contributed by atoms with van der Waals surface area (Å²) in [5.41, 5.74) is 20.4. The molecule has 1 aliphatic carbocycles. The molecular weight excluding hydrogens is 731 g/mol. The van der Waals surface area contributed by atoms with E-state index in [1.54, 1.807) is 0 Å². The van der Waals surface area contributed by atoms with Crippen LogP contribution in [0.2, 0.25) is 0 Å². The first-order valence-electron chi connectivity index (χ1n) is 21.0. The zero-order valence-electron chi connectivity index (χ0n) is 34.2. The molecule has 0 amide bonds. The number of aromatic nitrogens is 1. The van der Waals surface area contributed by atoms with Gasteiger partial charge in [-0.1, -0.05) is 131 Å². The minimum absolute atomic E-state index is 0.0626. The van der Waals surface area contributed by atoms with Crippen molar-refractivity contribution in [2.75, 3.05) is 5.32 Å². The third kappa shape index (κ3) is 4.58. The van der Waals surface area contributed by atoms with Crippen molar-refractivity contribution in [3.8, 4) is 27.9 Å². The molecule has 1 radical (unpaired) electrons. The maximum absolute atomic E-state index is 6.56. The Kier molecular flexibility index (Phi) is 6.57. The van der Waals surface area contributed by atoms with Crippen molar-refractivity contribution >= 4 is 95.3 Å². The number of hydrogen-bond donors (Lipinski definition) is 1. The van der Waals surface area contributed by atoms with Crippen LogP contribution < -0.4 is 16.2 Å². The molecule has 285 valence electrons. The number of rotatable bonds is 3. The lowest BCUT2D eigenvalue weighted by molar-refractivity contribution is 0.590. The summed E-state index contributed by atoms with van der Waals surface area (Å²) in [7, 11) is 2.42. The molecule has 0 saturated heterocycles. The standard InChI is InChI=1S/C55H40BN2O2/c1-54(2,3)30-18-20-31(21-19-30)57-45-28-50-40(33-13-7-10-16-48(33)59-50)25-38(45)35-22-23-36-39-24-37-32-12-6-9-15-42(32)55(4,5)43(37)27-46(39)58-47-29-51-41(26-44(47)56-52(35)53(36)58)34-14-8-11-17-49(34)60-51/h6-29,57H,1-5H3. The fourth-order valence-electron chi connectivity index (χ4n) is 10.5. The number of anilines is 2. The summed E-state index contributed by atoms with van der Waals surface area (Å²) >= 11 is 0. The molecular formula is C55H40BN2O2. The van der Waals surface area contributed by atoms with Gasteiger partial charge < -0.3 is 18.7 Å². The van der Waals surface area contributed by atoms with Gasteiger partial charge in [0.2, 0.25) is 0 Å². The average Bonchev–Trinajstić information content (AvgIpc) is 3.96. The van der Waals surface area contributed by atoms with Gasteiger partial charge in [-0.2, -0.15) is 0 Å². The van der Waals surface area contributed by atoms with Crippen molar-refractivity contribution in [2.45, 2.75) is 45.4 Å². The molecule has 4 nitrogen and oxygen atoms in total. The summed E-state index contributed by atoms with van der Waals surface area (Å²) in [4.78, 5) is 0. The van der Waals surface area contributed by atoms with Crippen LogP contribution in [0.5, 0.6) is 0 Å². The molecule has 5 heteroatoms. The molecule has 13 rings (SSSR count). The Balaban J connectivity index is 1.11. The first kappa shape index (κ1) is 33.9. The van der Waals surface area contributed by atoms with Gasteiger partial charge in [-0.3, -0.25) is 0 Å². The molecule has 4 heterocycles. The highest BCUT2D eigenvalue weighted by atomic mass is 16.3. The van der Waals surface area contributed by atoms with Gasteiger partial charge in [-0.05, 0) is 86.7 Å². The molecule has 0 spiro atoms. The summed E-state index contributed by atoms with van der Waals surface area (Å²) < 4.78 is 15.6. The SMILES string of the molecule is CC(C)(C)c1ccc(Nc2cc3oc4ccccc4c3cc2-c2ccc3c4cc5c(cc4n4c3c2[B]c2cc3c(cc2-4)oc2ccccc23)C(C)(C)c2ccccc2-5)cc1. The third-order valence-corrected chi connectivity index (χ3v) is 13.6. The van der Waals surface area contributed by atoms with Crippen LogP contribution in [0.4, 0.5) is 11.4 Å². The Hall–Kier alpha value is -6.98. The summed E-state index contributed by atoms with van der Waals surface area (Å²) in [6.45, 7) is 11.5. The van der Waals surface area contributed by atoms with E-state index < -0.39 is 0 Å². The van der Waals surface area contributed by atoms with E-state index in [2.05, 4.69) is 185 Å². The number of benzene rings is 8. The second kappa shape index (κ2) is 11.6. The van der Waals surface area contributed by atoms with Gasteiger partial charge in [0.25, 0.3) is 0 Å². The van der Waals surface area contributed by atoms with Crippen LogP contribution in [0.3, 0.4) is 0 Å². The highest BCUT2D eigenvalue weighted by molar-refractivity contribution is 6.73. The van der Waals surface area contributed by atoms with Crippen molar-refractivity contribution in [1.29, 1.82) is 0 Å². The maximum atomic E-state index is 6.56. The van der Waals surface area contributed by atoms with Crippen LogP contribution in [0, 0.1) is 0 Å². The van der Waals surface area contributed by atoms with E-state index in [9.17, 15) is 0 Å². The molecule has 1 aliphatic heterocycles. The monoisotopic (exact) mass is 771 g/mol. The highest BCUT2D eigenvalue weighted by Crippen LogP contribution is 2.51. The van der Waals surface area contributed by atoms with E-state index >= 15 is 0 Å². The fraction of sp³-hybridized carbons (Fsp3) is 0.127. The van der Waals surface area contributed by atoms with Crippen molar-refractivity contribution in [1.82, 2.24) is 4.57 Å². The predicted molar refractivity (Wildman–Crippen MR) is 252 cm³/mol. The Morgan fingerprint density at radius 1 is 0.533 bits per heavy atom. The second-order valence-corrected chi connectivity index (χ2v) is 18.4. The number of fused-ring (bicyclic) bond motifs is 14. The van der Waals surface area contributed by atoms with E-state index in [4.69, 9.17) is 8.83 Å². The number of nitrogens with zero attached hydrogens (tertiary/aromatic N) is 1. The van der Waals surface area contributed by atoms with Gasteiger partial charge in [0, 0.05) is 72.3 Å². The van der Waals surface area contributed by atoms with Gasteiger partial charge >= 0.3 is 0 Å². The first-order valence-corrected chi connectivity index (χ1v) is 21.0. The normalized spacial score (nSPS) is 14.0. The van der Waals surface area contributed by atoms with Crippen LogP contribution >= 0.6 is 0 Å². The Bertz CT molecular complexity index is 3670. The van der Waals surface area contributed by atoms with E-state index in [0.717, 1.165) is 77.5 Å².